The van der Waals surface area contributed by atoms with Crippen molar-refractivity contribution in [3.05, 3.63) is 73.1 Å². The van der Waals surface area contributed by atoms with Crippen molar-refractivity contribution >= 4 is 45.6 Å². The summed E-state index contributed by atoms with van der Waals surface area (Å²) in [6, 6.07) is 19.6. The molecule has 168 valence electrons. The van der Waals surface area contributed by atoms with Crippen molar-refractivity contribution in [2.45, 2.75) is 23.9 Å². The van der Waals surface area contributed by atoms with Crippen molar-refractivity contribution in [2.75, 3.05) is 24.7 Å². The number of rotatable bonds is 7. The van der Waals surface area contributed by atoms with Crippen molar-refractivity contribution in [2.24, 2.45) is 0 Å². The molecular formula is C25H25ClN6O. The summed E-state index contributed by atoms with van der Waals surface area (Å²) in [6.45, 7) is 0. The molecule has 7 nitrogen and oxygen atoms in total. The fraction of sp³-hybridized carbons (Fsp3) is 0.240. The molecule has 33 heavy (non-hydrogen) atoms. The number of hydrogen-bond donors (Lipinski definition) is 2. The molecule has 2 heterocycles. The summed E-state index contributed by atoms with van der Waals surface area (Å²) in [6.07, 6.45) is 5.26. The highest BCUT2D eigenvalue weighted by Gasteiger charge is 2.46. The van der Waals surface area contributed by atoms with Crippen LogP contribution in [0, 0.1) is 0 Å². The van der Waals surface area contributed by atoms with E-state index in [9.17, 15) is 0 Å². The maximum atomic E-state index is 6.52. The number of benzene rings is 2. The van der Waals surface area contributed by atoms with Crippen molar-refractivity contribution in [1.29, 1.82) is 0 Å². The van der Waals surface area contributed by atoms with Gasteiger partial charge in [0.05, 0.1) is 17.4 Å². The lowest BCUT2D eigenvalue weighted by Crippen LogP contribution is -2.54. The van der Waals surface area contributed by atoms with E-state index in [0.29, 0.717) is 11.8 Å². The second kappa shape index (κ2) is 8.84. The molecule has 2 aromatic carbocycles. The molecule has 0 amide bonds. The van der Waals surface area contributed by atoms with Crippen molar-refractivity contribution < 1.29 is 4.74 Å². The minimum Gasteiger partial charge on any atom is -0.490 e. The van der Waals surface area contributed by atoms with E-state index in [4.69, 9.17) is 16.3 Å². The Morgan fingerprint density at radius 3 is 2.55 bits per heavy atom. The summed E-state index contributed by atoms with van der Waals surface area (Å²) >= 11 is 6.52. The SMILES string of the molecule is CN(C)C1(Cl)CC(Oc2ccc(Nc3nccc(Nc4cnc5ccccc5c4)n3)cc2)C1. The lowest BCUT2D eigenvalue weighted by molar-refractivity contribution is 0.0138. The van der Waals surface area contributed by atoms with Crippen LogP contribution in [0.15, 0.2) is 73.1 Å². The number of anilines is 4. The smallest absolute Gasteiger partial charge is 0.229 e. The van der Waals surface area contributed by atoms with Gasteiger partial charge in [0.15, 0.2) is 0 Å². The van der Waals surface area contributed by atoms with Gasteiger partial charge in [0, 0.05) is 30.1 Å². The van der Waals surface area contributed by atoms with Gasteiger partial charge in [-0.25, -0.2) is 4.98 Å². The third kappa shape index (κ3) is 4.84. The van der Waals surface area contributed by atoms with Crippen LogP contribution in [0.25, 0.3) is 10.9 Å². The van der Waals surface area contributed by atoms with Crippen LogP contribution in [-0.4, -0.2) is 45.0 Å². The number of fused-ring (bicyclic) bond motifs is 1. The van der Waals surface area contributed by atoms with Gasteiger partial charge in [-0.1, -0.05) is 18.2 Å². The molecule has 8 heteroatoms. The zero-order chi connectivity index (χ0) is 22.8. The summed E-state index contributed by atoms with van der Waals surface area (Å²) in [5, 5.41) is 7.59. The summed E-state index contributed by atoms with van der Waals surface area (Å²) < 4.78 is 6.03. The maximum absolute atomic E-state index is 6.52. The van der Waals surface area contributed by atoms with Crippen molar-refractivity contribution in [3.8, 4) is 5.75 Å². The Morgan fingerprint density at radius 1 is 0.970 bits per heavy atom. The Bertz CT molecular complexity index is 1260. The number of para-hydroxylation sites is 1. The molecule has 1 aliphatic carbocycles. The second-order valence-corrected chi connectivity index (χ2v) is 9.12. The first kappa shape index (κ1) is 21.4. The lowest BCUT2D eigenvalue weighted by atomic mass is 9.87. The van der Waals surface area contributed by atoms with Gasteiger partial charge < -0.3 is 15.4 Å². The van der Waals surface area contributed by atoms with Crippen LogP contribution in [0.4, 0.5) is 23.1 Å². The van der Waals surface area contributed by atoms with Crippen LogP contribution < -0.4 is 15.4 Å². The zero-order valence-corrected chi connectivity index (χ0v) is 19.3. The number of aromatic nitrogens is 3. The molecule has 0 unspecified atom stereocenters. The second-order valence-electron chi connectivity index (χ2n) is 8.42. The number of hydrogen-bond acceptors (Lipinski definition) is 7. The maximum Gasteiger partial charge on any atom is 0.229 e. The number of nitrogens with one attached hydrogen (secondary N) is 2. The van der Waals surface area contributed by atoms with Gasteiger partial charge in [-0.3, -0.25) is 9.88 Å². The van der Waals surface area contributed by atoms with E-state index in [-0.39, 0.29) is 11.1 Å². The van der Waals surface area contributed by atoms with Gasteiger partial charge >= 0.3 is 0 Å². The van der Waals surface area contributed by atoms with Gasteiger partial charge in [0.25, 0.3) is 0 Å². The van der Waals surface area contributed by atoms with E-state index in [1.54, 1.807) is 12.4 Å². The van der Waals surface area contributed by atoms with Crippen LogP contribution in [0.1, 0.15) is 12.8 Å². The van der Waals surface area contributed by atoms with Crippen LogP contribution in [0.3, 0.4) is 0 Å². The highest BCUT2D eigenvalue weighted by molar-refractivity contribution is 6.24. The molecule has 2 aromatic heterocycles. The number of alkyl halides is 1. The average Bonchev–Trinajstić information content (AvgIpc) is 2.79. The predicted octanol–water partition coefficient (Wildman–Crippen LogP) is 5.55. The number of nitrogens with zero attached hydrogens (tertiary/aromatic N) is 4. The van der Waals surface area contributed by atoms with E-state index in [2.05, 4.69) is 25.6 Å². The van der Waals surface area contributed by atoms with E-state index < -0.39 is 0 Å². The summed E-state index contributed by atoms with van der Waals surface area (Å²) in [5.41, 5.74) is 2.70. The first-order valence-electron chi connectivity index (χ1n) is 10.8. The third-order valence-electron chi connectivity index (χ3n) is 5.81. The standard InChI is InChI=1S/C25H25ClN6O/c1-32(2)25(26)14-21(15-25)33-20-9-7-18(8-10-20)30-24-27-12-11-23(31-24)29-19-13-17-5-3-4-6-22(17)28-16-19/h3-13,16,21H,14-15H2,1-2H3,(H2,27,29,30,31). The highest BCUT2D eigenvalue weighted by atomic mass is 35.5. The van der Waals surface area contributed by atoms with Gasteiger partial charge in [0.2, 0.25) is 5.95 Å². The van der Waals surface area contributed by atoms with Gasteiger partial charge in [-0.15, -0.1) is 11.6 Å². The van der Waals surface area contributed by atoms with Crippen LogP contribution in [-0.2, 0) is 0 Å². The highest BCUT2D eigenvalue weighted by Crippen LogP contribution is 2.42. The predicted molar refractivity (Wildman–Crippen MR) is 133 cm³/mol. The molecule has 1 saturated carbocycles. The lowest BCUT2D eigenvalue weighted by Gasteiger charge is -2.46. The van der Waals surface area contributed by atoms with Crippen LogP contribution >= 0.6 is 11.6 Å². The Kier molecular flexibility index (Phi) is 5.74. The Morgan fingerprint density at radius 2 is 1.76 bits per heavy atom. The normalized spacial score (nSPS) is 19.8. The zero-order valence-electron chi connectivity index (χ0n) is 18.5. The molecule has 1 fully saturated rings. The number of ether oxygens (including phenoxy) is 1. The largest absolute Gasteiger partial charge is 0.490 e. The quantitative estimate of drug-likeness (QED) is 0.276. The summed E-state index contributed by atoms with van der Waals surface area (Å²) in [7, 11) is 3.99. The van der Waals surface area contributed by atoms with Gasteiger partial charge in [-0.05, 0) is 56.6 Å². The Balaban J connectivity index is 1.20. The minimum absolute atomic E-state index is 0.138. The first-order chi connectivity index (χ1) is 16.0. The molecule has 0 saturated heterocycles. The van der Waals surface area contributed by atoms with E-state index >= 15 is 0 Å². The fourth-order valence-electron chi connectivity index (χ4n) is 3.80. The van der Waals surface area contributed by atoms with E-state index in [1.165, 1.54) is 0 Å². The van der Waals surface area contributed by atoms with E-state index in [1.807, 2.05) is 79.7 Å². The molecule has 0 atom stereocenters. The molecule has 1 aliphatic rings. The van der Waals surface area contributed by atoms with Gasteiger partial charge in [0.1, 0.15) is 22.7 Å². The monoisotopic (exact) mass is 460 g/mol. The Hall–Kier alpha value is -3.42. The molecule has 4 aromatic rings. The first-order valence-corrected chi connectivity index (χ1v) is 11.2. The topological polar surface area (TPSA) is 75.2 Å². The van der Waals surface area contributed by atoms with E-state index in [0.717, 1.165) is 40.9 Å². The minimum atomic E-state index is -0.286. The third-order valence-corrected chi connectivity index (χ3v) is 6.46. The molecule has 0 bridgehead atoms. The molecule has 0 radical (unpaired) electrons. The summed E-state index contributed by atoms with van der Waals surface area (Å²) in [5.74, 6) is 2.00. The summed E-state index contributed by atoms with van der Waals surface area (Å²) in [4.78, 5) is 15.1. The van der Waals surface area contributed by atoms with Crippen LogP contribution in [0.2, 0.25) is 0 Å². The number of halogens is 1. The van der Waals surface area contributed by atoms with Crippen LogP contribution in [0.5, 0.6) is 5.75 Å². The number of pyridine rings is 1. The molecule has 0 spiro atoms. The van der Waals surface area contributed by atoms with Crippen molar-refractivity contribution in [3.63, 3.8) is 0 Å². The van der Waals surface area contributed by atoms with Crippen molar-refractivity contribution in [1.82, 2.24) is 19.9 Å². The molecule has 5 rings (SSSR count). The molecular weight excluding hydrogens is 436 g/mol. The fourth-order valence-corrected chi connectivity index (χ4v) is 4.14. The average molecular weight is 461 g/mol. The Labute approximate surface area is 197 Å². The molecule has 0 aliphatic heterocycles. The molecule has 2 N–H and O–H groups in total. The van der Waals surface area contributed by atoms with Gasteiger partial charge in [-0.2, -0.15) is 4.98 Å².